The molecule has 5 heteroatoms. The third kappa shape index (κ3) is 2.90. The number of nitrogen functional groups attached to an aromatic ring is 1. The van der Waals surface area contributed by atoms with Gasteiger partial charge in [-0.05, 0) is 31.2 Å². The molecule has 1 aliphatic carbocycles. The molecule has 21 heavy (non-hydrogen) atoms. The van der Waals surface area contributed by atoms with Crippen LogP contribution in [0, 0.1) is 5.92 Å². The average molecular weight is 305 g/mol. The third-order valence-electron chi connectivity index (χ3n) is 4.43. The minimum Gasteiger partial charge on any atom is -0.383 e. The first-order chi connectivity index (χ1) is 10.2. The molecule has 0 bridgehead atoms. The maximum atomic E-state index is 6.15. The second kappa shape index (κ2) is 6.28. The fourth-order valence-corrected chi connectivity index (χ4v) is 4.24. The average Bonchev–Trinajstić information content (AvgIpc) is 2.93. The zero-order valence-corrected chi connectivity index (χ0v) is 13.6. The Hall–Kier alpha value is -1.20. The van der Waals surface area contributed by atoms with Crippen molar-refractivity contribution in [2.24, 2.45) is 5.92 Å². The van der Waals surface area contributed by atoms with Crippen LogP contribution < -0.4 is 5.73 Å². The Kier molecular flexibility index (Phi) is 4.40. The molecule has 1 fully saturated rings. The molecule has 1 unspecified atom stereocenters. The first kappa shape index (κ1) is 14.7. The molecule has 114 valence electrons. The highest BCUT2D eigenvalue weighted by Gasteiger charge is 2.28. The predicted octanol–water partition coefficient (Wildman–Crippen LogP) is 4.10. The summed E-state index contributed by atoms with van der Waals surface area (Å²) >= 11 is 1.71. The van der Waals surface area contributed by atoms with Gasteiger partial charge in [-0.1, -0.05) is 26.2 Å². The van der Waals surface area contributed by atoms with Gasteiger partial charge >= 0.3 is 0 Å². The SMILES string of the molecule is CCc1cc2c(N)nc(C(OC)C3CCCCC3)nc2s1. The van der Waals surface area contributed by atoms with Crippen LogP contribution in [0.5, 0.6) is 0 Å². The van der Waals surface area contributed by atoms with E-state index in [1.54, 1.807) is 18.4 Å². The molecule has 3 rings (SSSR count). The molecule has 2 N–H and O–H groups in total. The summed E-state index contributed by atoms with van der Waals surface area (Å²) in [5.74, 6) is 1.87. The van der Waals surface area contributed by atoms with Crippen molar-refractivity contribution in [3.05, 3.63) is 16.8 Å². The van der Waals surface area contributed by atoms with Gasteiger partial charge in [-0.15, -0.1) is 11.3 Å². The molecule has 1 saturated carbocycles. The van der Waals surface area contributed by atoms with Crippen LogP contribution in [0.2, 0.25) is 0 Å². The Labute approximate surface area is 129 Å². The summed E-state index contributed by atoms with van der Waals surface area (Å²) < 4.78 is 5.74. The molecule has 0 aromatic carbocycles. The van der Waals surface area contributed by atoms with E-state index in [9.17, 15) is 0 Å². The number of fused-ring (bicyclic) bond motifs is 1. The molecule has 0 spiro atoms. The normalized spacial score (nSPS) is 18.2. The number of aryl methyl sites for hydroxylation is 1. The lowest BCUT2D eigenvalue weighted by Gasteiger charge is -2.28. The van der Waals surface area contributed by atoms with Crippen LogP contribution in [0.3, 0.4) is 0 Å². The highest BCUT2D eigenvalue weighted by Crippen LogP contribution is 2.37. The number of nitrogens with two attached hydrogens (primary N) is 1. The number of nitrogens with zero attached hydrogens (tertiary/aromatic N) is 2. The Morgan fingerprint density at radius 2 is 2.10 bits per heavy atom. The molecular weight excluding hydrogens is 282 g/mol. The van der Waals surface area contributed by atoms with E-state index in [0.717, 1.165) is 22.5 Å². The minimum atomic E-state index is -0.0239. The summed E-state index contributed by atoms with van der Waals surface area (Å²) in [4.78, 5) is 11.6. The summed E-state index contributed by atoms with van der Waals surface area (Å²) in [6.07, 6.45) is 7.27. The van der Waals surface area contributed by atoms with Gasteiger partial charge in [0, 0.05) is 12.0 Å². The Morgan fingerprint density at radius 1 is 1.33 bits per heavy atom. The van der Waals surface area contributed by atoms with Crippen LogP contribution >= 0.6 is 11.3 Å². The first-order valence-corrected chi connectivity index (χ1v) is 8.63. The maximum Gasteiger partial charge on any atom is 0.161 e. The number of thiophene rings is 1. The van der Waals surface area contributed by atoms with E-state index in [1.165, 1.54) is 37.0 Å². The highest BCUT2D eigenvalue weighted by molar-refractivity contribution is 7.18. The van der Waals surface area contributed by atoms with Gasteiger partial charge < -0.3 is 10.5 Å². The molecule has 0 amide bonds. The molecule has 4 nitrogen and oxygen atoms in total. The van der Waals surface area contributed by atoms with Gasteiger partial charge in [-0.2, -0.15) is 0 Å². The molecule has 2 heterocycles. The quantitative estimate of drug-likeness (QED) is 0.923. The fraction of sp³-hybridized carbons (Fsp3) is 0.625. The molecule has 0 radical (unpaired) electrons. The highest BCUT2D eigenvalue weighted by atomic mass is 32.1. The van der Waals surface area contributed by atoms with E-state index in [-0.39, 0.29) is 6.10 Å². The number of rotatable bonds is 4. The zero-order valence-electron chi connectivity index (χ0n) is 12.8. The van der Waals surface area contributed by atoms with Crippen molar-refractivity contribution in [2.45, 2.75) is 51.6 Å². The third-order valence-corrected chi connectivity index (χ3v) is 5.60. The lowest BCUT2D eigenvalue weighted by Crippen LogP contribution is -2.20. The van der Waals surface area contributed by atoms with E-state index in [1.807, 2.05) is 0 Å². The van der Waals surface area contributed by atoms with Crippen LogP contribution in [0.4, 0.5) is 5.82 Å². The van der Waals surface area contributed by atoms with Crippen LogP contribution in [-0.4, -0.2) is 17.1 Å². The van der Waals surface area contributed by atoms with Crippen molar-refractivity contribution in [2.75, 3.05) is 12.8 Å². The number of anilines is 1. The van der Waals surface area contributed by atoms with Gasteiger partial charge in [-0.3, -0.25) is 0 Å². The van der Waals surface area contributed by atoms with Crippen molar-refractivity contribution >= 4 is 27.4 Å². The molecule has 0 aliphatic heterocycles. The topological polar surface area (TPSA) is 61.0 Å². The molecule has 2 aromatic rings. The standard InChI is InChI=1S/C16H23N3OS/c1-3-11-9-12-14(17)18-15(19-16(12)21-11)13(20-2)10-7-5-4-6-8-10/h9-10,13H,3-8H2,1-2H3,(H2,17,18,19). The molecular formula is C16H23N3OS. The van der Waals surface area contributed by atoms with Crippen molar-refractivity contribution in [1.29, 1.82) is 0 Å². The lowest BCUT2D eigenvalue weighted by atomic mass is 9.85. The molecule has 0 saturated heterocycles. The van der Waals surface area contributed by atoms with Crippen LogP contribution in [-0.2, 0) is 11.2 Å². The summed E-state index contributed by atoms with van der Waals surface area (Å²) in [5.41, 5.74) is 6.15. The van der Waals surface area contributed by atoms with Gasteiger partial charge in [0.1, 0.15) is 16.8 Å². The van der Waals surface area contributed by atoms with E-state index < -0.39 is 0 Å². The first-order valence-electron chi connectivity index (χ1n) is 7.81. The van der Waals surface area contributed by atoms with Gasteiger partial charge in [0.2, 0.25) is 0 Å². The van der Waals surface area contributed by atoms with E-state index in [0.29, 0.717) is 11.7 Å². The Bertz CT molecular complexity index is 619. The van der Waals surface area contributed by atoms with Crippen molar-refractivity contribution in [3.63, 3.8) is 0 Å². The molecule has 1 atom stereocenters. The number of aromatic nitrogens is 2. The van der Waals surface area contributed by atoms with Gasteiger partial charge in [0.05, 0.1) is 5.39 Å². The second-order valence-electron chi connectivity index (χ2n) is 5.81. The Balaban J connectivity index is 1.97. The van der Waals surface area contributed by atoms with Gasteiger partial charge in [0.25, 0.3) is 0 Å². The lowest BCUT2D eigenvalue weighted by molar-refractivity contribution is 0.0293. The summed E-state index contributed by atoms with van der Waals surface area (Å²) in [6.45, 7) is 2.15. The number of hydrogen-bond donors (Lipinski definition) is 1. The maximum absolute atomic E-state index is 6.15. The number of methoxy groups -OCH3 is 1. The van der Waals surface area contributed by atoms with Crippen molar-refractivity contribution in [1.82, 2.24) is 9.97 Å². The number of hydrogen-bond acceptors (Lipinski definition) is 5. The van der Waals surface area contributed by atoms with E-state index in [2.05, 4.69) is 18.0 Å². The van der Waals surface area contributed by atoms with E-state index in [4.69, 9.17) is 15.5 Å². The predicted molar refractivity (Wildman–Crippen MR) is 87.5 cm³/mol. The smallest absolute Gasteiger partial charge is 0.161 e. The monoisotopic (exact) mass is 305 g/mol. The van der Waals surface area contributed by atoms with E-state index >= 15 is 0 Å². The van der Waals surface area contributed by atoms with Gasteiger partial charge in [-0.25, -0.2) is 9.97 Å². The summed E-state index contributed by atoms with van der Waals surface area (Å²) in [7, 11) is 1.76. The van der Waals surface area contributed by atoms with Crippen molar-refractivity contribution in [3.8, 4) is 0 Å². The Morgan fingerprint density at radius 3 is 2.76 bits per heavy atom. The zero-order chi connectivity index (χ0) is 14.8. The van der Waals surface area contributed by atoms with Crippen LogP contribution in [0.25, 0.3) is 10.2 Å². The number of ether oxygens (including phenoxy) is 1. The van der Waals surface area contributed by atoms with Crippen LogP contribution in [0.1, 0.15) is 55.8 Å². The molecule has 2 aromatic heterocycles. The summed E-state index contributed by atoms with van der Waals surface area (Å²) in [6, 6.07) is 2.11. The summed E-state index contributed by atoms with van der Waals surface area (Å²) in [5, 5.41) is 0.985. The second-order valence-corrected chi connectivity index (χ2v) is 6.92. The van der Waals surface area contributed by atoms with Gasteiger partial charge in [0.15, 0.2) is 5.82 Å². The largest absolute Gasteiger partial charge is 0.383 e. The molecule has 1 aliphatic rings. The van der Waals surface area contributed by atoms with Crippen molar-refractivity contribution < 1.29 is 4.74 Å². The minimum absolute atomic E-state index is 0.0239. The van der Waals surface area contributed by atoms with Crippen LogP contribution in [0.15, 0.2) is 6.07 Å². The fourth-order valence-electron chi connectivity index (χ4n) is 3.26.